The summed E-state index contributed by atoms with van der Waals surface area (Å²) in [4.78, 5) is 13.4. The molecule has 1 saturated heterocycles. The molecule has 11 heteroatoms. The van der Waals surface area contributed by atoms with Crippen molar-refractivity contribution in [3.05, 3.63) is 71.5 Å². The van der Waals surface area contributed by atoms with E-state index in [0.717, 1.165) is 10.3 Å². The fourth-order valence-electron chi connectivity index (χ4n) is 4.56. The third-order valence-corrected chi connectivity index (χ3v) is 8.18. The fraction of sp³-hybridized carbons (Fsp3) is 0.261. The van der Waals surface area contributed by atoms with Crippen molar-refractivity contribution in [1.29, 1.82) is 0 Å². The Hall–Kier alpha value is -3.18. The molecule has 2 aliphatic rings. The quantitative estimate of drug-likeness (QED) is 0.378. The number of nitrogens with zero attached hydrogens (tertiary/aromatic N) is 2. The Morgan fingerprint density at radius 3 is 2.35 bits per heavy atom. The topological polar surface area (TPSA) is 66.9 Å². The lowest BCUT2D eigenvalue weighted by Crippen LogP contribution is -2.51. The first kappa shape index (κ1) is 22.6. The second-order valence-corrected chi connectivity index (χ2v) is 10.0. The zero-order valence-electron chi connectivity index (χ0n) is 17.5. The highest BCUT2D eigenvalue weighted by Crippen LogP contribution is 2.41. The van der Waals surface area contributed by atoms with Gasteiger partial charge in [-0.05, 0) is 24.3 Å². The Balaban J connectivity index is 1.43. The van der Waals surface area contributed by atoms with Crippen molar-refractivity contribution in [1.82, 2.24) is 4.31 Å². The van der Waals surface area contributed by atoms with Gasteiger partial charge in [0.1, 0.15) is 0 Å². The van der Waals surface area contributed by atoms with Crippen LogP contribution < -0.4 is 4.90 Å². The van der Waals surface area contributed by atoms with Gasteiger partial charge in [-0.2, -0.15) is 8.70 Å². The molecule has 1 unspecified atom stereocenters. The van der Waals surface area contributed by atoms with Crippen LogP contribution in [0.2, 0.25) is 0 Å². The molecule has 6 nitrogen and oxygen atoms in total. The molecule has 0 bridgehead atoms. The molecule has 0 spiro atoms. The van der Waals surface area contributed by atoms with Crippen LogP contribution in [-0.2, 0) is 14.8 Å². The number of carbonyl (C=O) groups is 1. The molecule has 34 heavy (non-hydrogen) atoms. The van der Waals surface area contributed by atoms with Gasteiger partial charge in [-0.3, -0.25) is 4.90 Å². The lowest BCUT2D eigenvalue weighted by Gasteiger charge is -2.40. The molecule has 0 N–H and O–H groups in total. The van der Waals surface area contributed by atoms with Gasteiger partial charge in [-0.25, -0.2) is 26.4 Å². The summed E-state index contributed by atoms with van der Waals surface area (Å²) in [5, 5.41) is 1.34. The molecule has 0 aromatic heterocycles. The van der Waals surface area contributed by atoms with Crippen LogP contribution in [0.1, 0.15) is 24.8 Å². The molecule has 0 saturated carbocycles. The number of halogens is 4. The first-order valence-electron chi connectivity index (χ1n) is 10.5. The lowest BCUT2D eigenvalue weighted by atomic mass is 10.0. The highest BCUT2D eigenvalue weighted by molar-refractivity contribution is 7.89. The van der Waals surface area contributed by atoms with E-state index in [0.29, 0.717) is 11.5 Å². The molecule has 0 radical (unpaired) electrons. The number of fused-ring (bicyclic) bond motifs is 2. The molecule has 1 atom stereocenters. The van der Waals surface area contributed by atoms with Gasteiger partial charge in [0, 0.05) is 30.6 Å². The lowest BCUT2D eigenvalue weighted by molar-refractivity contribution is 0.00581. The van der Waals surface area contributed by atoms with Crippen LogP contribution in [0.25, 0.3) is 10.8 Å². The molecule has 1 fully saturated rings. The van der Waals surface area contributed by atoms with Gasteiger partial charge < -0.3 is 4.74 Å². The highest BCUT2D eigenvalue weighted by atomic mass is 32.2. The first-order valence-corrected chi connectivity index (χ1v) is 11.9. The average molecular weight is 494 g/mol. The summed E-state index contributed by atoms with van der Waals surface area (Å²) in [5.74, 6) is -5.20. The number of hydrogen-bond donors (Lipinski definition) is 0. The summed E-state index contributed by atoms with van der Waals surface area (Å²) < 4.78 is 88.5. The largest absolute Gasteiger partial charge is 0.417 e. The van der Waals surface area contributed by atoms with Crippen molar-refractivity contribution in [3.8, 4) is 0 Å². The Kier molecular flexibility index (Phi) is 5.48. The monoisotopic (exact) mass is 494 g/mol. The van der Waals surface area contributed by atoms with Gasteiger partial charge in [0.15, 0.2) is 17.5 Å². The maximum Gasteiger partial charge on any atom is 0.417 e. The number of rotatable bonds is 3. The molecule has 2 aliphatic heterocycles. The number of cyclic esters (lactones) is 1. The molecule has 3 aromatic rings. The molecule has 178 valence electrons. The van der Waals surface area contributed by atoms with Crippen LogP contribution in [-0.4, -0.2) is 37.9 Å². The van der Waals surface area contributed by atoms with E-state index in [-0.39, 0.29) is 30.8 Å². The number of carbonyl (C=O) groups excluding carboxylic acids is 1. The summed E-state index contributed by atoms with van der Waals surface area (Å²) >= 11 is 0. The number of anilines is 1. The molecule has 2 heterocycles. The number of hydrogen-bond acceptors (Lipinski definition) is 4. The maximum absolute atomic E-state index is 14.2. The predicted octanol–water partition coefficient (Wildman–Crippen LogP) is 5.04. The second kappa shape index (κ2) is 8.24. The van der Waals surface area contributed by atoms with Gasteiger partial charge in [-0.15, -0.1) is 0 Å². The van der Waals surface area contributed by atoms with E-state index in [9.17, 15) is 30.8 Å². The SMILES string of the molecule is O=C1OC(F)c2c(cc(F)c(F)c2F)N1C1CCN(S(=O)(=O)c2cccc3ccccc23)CC1. The van der Waals surface area contributed by atoms with Gasteiger partial charge in [-0.1, -0.05) is 36.4 Å². The summed E-state index contributed by atoms with van der Waals surface area (Å²) in [7, 11) is -3.88. The number of amides is 1. The number of alkyl halides is 1. The summed E-state index contributed by atoms with van der Waals surface area (Å²) in [6.07, 6.45) is -3.58. The molecule has 1 amide bonds. The van der Waals surface area contributed by atoms with Crippen LogP contribution in [0.4, 0.5) is 28.0 Å². The zero-order valence-corrected chi connectivity index (χ0v) is 18.4. The van der Waals surface area contributed by atoms with Crippen molar-refractivity contribution in [2.45, 2.75) is 30.1 Å². The third kappa shape index (κ3) is 3.50. The van der Waals surface area contributed by atoms with Gasteiger partial charge >= 0.3 is 6.09 Å². The summed E-state index contributed by atoms with van der Waals surface area (Å²) in [6.45, 7) is 0.00109. The Morgan fingerprint density at radius 1 is 0.941 bits per heavy atom. The number of benzene rings is 3. The van der Waals surface area contributed by atoms with Gasteiger partial charge in [0.05, 0.1) is 16.1 Å². The standard InChI is InChI=1S/C23H18F4N2O4S/c24-16-12-17-19(21(26)20(16)25)22(27)33-23(30)29(17)14-8-10-28(11-9-14)34(31,32)18-7-3-5-13-4-1-2-6-15(13)18/h1-7,12,14,22H,8-11H2. The first-order chi connectivity index (χ1) is 16.2. The summed E-state index contributed by atoms with van der Waals surface area (Å²) in [5.41, 5.74) is -1.36. The van der Waals surface area contributed by atoms with Crippen LogP contribution in [0.5, 0.6) is 0 Å². The minimum Gasteiger partial charge on any atom is -0.410 e. The van der Waals surface area contributed by atoms with Crippen molar-refractivity contribution >= 4 is 32.6 Å². The molecular formula is C23H18F4N2O4S. The van der Waals surface area contributed by atoms with E-state index in [1.54, 1.807) is 36.4 Å². The normalized spacial score (nSPS) is 19.8. The van der Waals surface area contributed by atoms with Crippen LogP contribution in [0.3, 0.4) is 0 Å². The van der Waals surface area contributed by atoms with Crippen molar-refractivity contribution in [2.24, 2.45) is 0 Å². The Bertz CT molecular complexity index is 1400. The number of sulfonamides is 1. The maximum atomic E-state index is 14.2. The van der Waals surface area contributed by atoms with E-state index in [1.807, 2.05) is 0 Å². The highest BCUT2D eigenvalue weighted by Gasteiger charge is 2.42. The van der Waals surface area contributed by atoms with E-state index in [4.69, 9.17) is 0 Å². The van der Waals surface area contributed by atoms with E-state index >= 15 is 0 Å². The van der Waals surface area contributed by atoms with Crippen LogP contribution >= 0.6 is 0 Å². The fourth-order valence-corrected chi connectivity index (χ4v) is 6.24. The van der Waals surface area contributed by atoms with E-state index in [1.165, 1.54) is 10.4 Å². The minimum absolute atomic E-state index is 0.000543. The summed E-state index contributed by atoms with van der Waals surface area (Å²) in [6, 6.07) is 11.9. The van der Waals surface area contributed by atoms with Gasteiger partial charge in [0.2, 0.25) is 10.0 Å². The van der Waals surface area contributed by atoms with Gasteiger partial charge in [0.25, 0.3) is 6.36 Å². The molecular weight excluding hydrogens is 476 g/mol. The molecule has 5 rings (SSSR count). The van der Waals surface area contributed by atoms with E-state index in [2.05, 4.69) is 4.74 Å². The van der Waals surface area contributed by atoms with Crippen LogP contribution in [0, 0.1) is 17.5 Å². The zero-order chi connectivity index (χ0) is 24.2. The number of piperidine rings is 1. The average Bonchev–Trinajstić information content (AvgIpc) is 2.82. The van der Waals surface area contributed by atoms with Crippen molar-refractivity contribution in [2.75, 3.05) is 18.0 Å². The second-order valence-electron chi connectivity index (χ2n) is 8.10. The Morgan fingerprint density at radius 2 is 1.62 bits per heavy atom. The van der Waals surface area contributed by atoms with Crippen molar-refractivity contribution < 1.29 is 35.5 Å². The smallest absolute Gasteiger partial charge is 0.410 e. The minimum atomic E-state index is -3.88. The molecule has 3 aromatic carbocycles. The molecule has 0 aliphatic carbocycles. The number of ether oxygens (including phenoxy) is 1. The van der Waals surface area contributed by atoms with E-state index < -0.39 is 57.2 Å². The third-order valence-electron chi connectivity index (χ3n) is 6.22. The Labute approximate surface area is 192 Å². The van der Waals surface area contributed by atoms with Crippen LogP contribution in [0.15, 0.2) is 53.4 Å². The predicted molar refractivity (Wildman–Crippen MR) is 115 cm³/mol. The van der Waals surface area contributed by atoms with Crippen molar-refractivity contribution in [3.63, 3.8) is 0 Å².